The number of carbonyl (C=O) groups is 1. The molecule has 0 aromatic carbocycles. The van der Waals surface area contributed by atoms with Crippen LogP contribution in [0.1, 0.15) is 29.5 Å². The van der Waals surface area contributed by atoms with E-state index in [1.165, 1.54) is 9.75 Å². The first-order chi connectivity index (χ1) is 10.6. The highest BCUT2D eigenvalue weighted by atomic mass is 127. The van der Waals surface area contributed by atoms with Gasteiger partial charge >= 0.3 is 5.97 Å². The highest BCUT2D eigenvalue weighted by Gasteiger charge is 2.28. The number of esters is 1. The summed E-state index contributed by atoms with van der Waals surface area (Å²) < 4.78 is 5.15. The molecule has 1 aromatic heterocycles. The molecule has 5 nitrogen and oxygen atoms in total. The van der Waals surface area contributed by atoms with Crippen LogP contribution in [0.25, 0.3) is 0 Å². The van der Waals surface area contributed by atoms with E-state index in [9.17, 15) is 4.79 Å². The fraction of sp³-hybridized carbons (Fsp3) is 0.625. The summed E-state index contributed by atoms with van der Waals surface area (Å²) in [6.07, 6.45) is 1.89. The molecule has 2 heterocycles. The highest BCUT2D eigenvalue weighted by Crippen LogP contribution is 2.19. The van der Waals surface area contributed by atoms with Gasteiger partial charge in [0.1, 0.15) is 0 Å². The predicted molar refractivity (Wildman–Crippen MR) is 106 cm³/mol. The van der Waals surface area contributed by atoms with Gasteiger partial charge in [0.05, 0.1) is 19.1 Å². The number of aliphatic imine (C=N–C) groups is 1. The summed E-state index contributed by atoms with van der Waals surface area (Å²) in [6, 6.07) is 4.26. The maximum absolute atomic E-state index is 11.9. The van der Waals surface area contributed by atoms with Crippen molar-refractivity contribution in [1.82, 2.24) is 10.2 Å². The molecule has 1 N–H and O–H groups in total. The second kappa shape index (κ2) is 10.1. The lowest BCUT2D eigenvalue weighted by Crippen LogP contribution is -2.48. The number of nitrogens with one attached hydrogen (secondary N) is 1. The third kappa shape index (κ3) is 5.95. The minimum absolute atomic E-state index is 0. The van der Waals surface area contributed by atoms with Gasteiger partial charge < -0.3 is 15.0 Å². The molecule has 2 rings (SSSR count). The molecule has 1 unspecified atom stereocenters. The number of halogens is 1. The van der Waals surface area contributed by atoms with Crippen molar-refractivity contribution in [2.75, 3.05) is 26.7 Å². The third-order valence-electron chi connectivity index (χ3n) is 3.77. The van der Waals surface area contributed by atoms with Crippen LogP contribution in [-0.4, -0.2) is 43.6 Å². The lowest BCUT2D eigenvalue weighted by atomic mass is 9.98. The summed E-state index contributed by atoms with van der Waals surface area (Å²) in [5, 5.41) is 3.39. The number of guanidine groups is 1. The summed E-state index contributed by atoms with van der Waals surface area (Å²) >= 11 is 1.79. The van der Waals surface area contributed by atoms with Gasteiger partial charge in [0.15, 0.2) is 5.96 Å². The van der Waals surface area contributed by atoms with Gasteiger partial charge in [-0.25, -0.2) is 0 Å². The van der Waals surface area contributed by atoms with Crippen molar-refractivity contribution in [3.8, 4) is 0 Å². The smallest absolute Gasteiger partial charge is 0.310 e. The predicted octanol–water partition coefficient (Wildman–Crippen LogP) is 3.03. The van der Waals surface area contributed by atoms with E-state index in [0.717, 1.165) is 31.9 Å². The number of aryl methyl sites for hydroxylation is 1. The Hall–Kier alpha value is -0.830. The van der Waals surface area contributed by atoms with E-state index in [0.29, 0.717) is 13.2 Å². The van der Waals surface area contributed by atoms with E-state index < -0.39 is 0 Å². The number of piperidine rings is 1. The molecule has 1 saturated heterocycles. The van der Waals surface area contributed by atoms with Crippen LogP contribution >= 0.6 is 35.3 Å². The maximum Gasteiger partial charge on any atom is 0.310 e. The second-order valence-electron chi connectivity index (χ2n) is 5.45. The van der Waals surface area contributed by atoms with E-state index in [1.54, 1.807) is 18.4 Å². The number of hydrogen-bond acceptors (Lipinski definition) is 4. The Kier molecular flexibility index (Phi) is 8.90. The number of rotatable bonds is 4. The Morgan fingerprint density at radius 3 is 2.91 bits per heavy atom. The highest BCUT2D eigenvalue weighted by molar-refractivity contribution is 14.0. The molecular weight excluding hydrogens is 425 g/mol. The van der Waals surface area contributed by atoms with Crippen molar-refractivity contribution < 1.29 is 9.53 Å². The molecule has 1 fully saturated rings. The van der Waals surface area contributed by atoms with Gasteiger partial charge in [0, 0.05) is 29.9 Å². The van der Waals surface area contributed by atoms with E-state index in [-0.39, 0.29) is 35.9 Å². The zero-order chi connectivity index (χ0) is 15.9. The molecule has 1 aliphatic heterocycles. The van der Waals surface area contributed by atoms with Gasteiger partial charge in [-0.05, 0) is 38.8 Å². The number of carbonyl (C=O) groups excluding carboxylic acids is 1. The van der Waals surface area contributed by atoms with Crippen molar-refractivity contribution in [3.63, 3.8) is 0 Å². The lowest BCUT2D eigenvalue weighted by molar-refractivity contribution is -0.149. The van der Waals surface area contributed by atoms with E-state index >= 15 is 0 Å². The maximum atomic E-state index is 11.9. The Balaban J connectivity index is 0.00000264. The van der Waals surface area contributed by atoms with Crippen LogP contribution in [0.3, 0.4) is 0 Å². The first-order valence-corrected chi connectivity index (χ1v) is 8.63. The number of nitrogens with zero attached hydrogens (tertiary/aromatic N) is 2. The molecule has 0 radical (unpaired) electrons. The zero-order valence-corrected chi connectivity index (χ0v) is 17.1. The van der Waals surface area contributed by atoms with Crippen molar-refractivity contribution >= 4 is 47.2 Å². The minimum Gasteiger partial charge on any atom is -0.466 e. The molecule has 7 heteroatoms. The molecular formula is C16H26IN3O2S. The summed E-state index contributed by atoms with van der Waals surface area (Å²) in [6.45, 7) is 6.78. The largest absolute Gasteiger partial charge is 0.466 e. The molecule has 0 amide bonds. The Morgan fingerprint density at radius 2 is 2.30 bits per heavy atom. The van der Waals surface area contributed by atoms with Crippen LogP contribution in [-0.2, 0) is 16.1 Å². The first-order valence-electron chi connectivity index (χ1n) is 7.81. The molecule has 0 bridgehead atoms. The summed E-state index contributed by atoms with van der Waals surface area (Å²) in [7, 11) is 1.79. The molecule has 0 aliphatic carbocycles. The average Bonchev–Trinajstić information content (AvgIpc) is 2.94. The van der Waals surface area contributed by atoms with Gasteiger partial charge in [0.25, 0.3) is 0 Å². The van der Waals surface area contributed by atoms with Crippen LogP contribution < -0.4 is 5.32 Å². The standard InChI is InChI=1S/C16H25N3O2S.HI/c1-4-21-15(20)13-6-5-9-19(11-13)16(17-3)18-10-14-8-7-12(2)22-14;/h7-8,13H,4-6,9-11H2,1-3H3,(H,17,18);1H. The van der Waals surface area contributed by atoms with E-state index in [1.807, 2.05) is 6.92 Å². The van der Waals surface area contributed by atoms with E-state index in [2.05, 4.69) is 34.3 Å². The molecule has 0 spiro atoms. The molecule has 130 valence electrons. The Bertz CT molecular complexity index is 533. The van der Waals surface area contributed by atoms with Gasteiger partial charge in [-0.3, -0.25) is 9.79 Å². The summed E-state index contributed by atoms with van der Waals surface area (Å²) in [4.78, 5) is 21.0. The van der Waals surface area contributed by atoms with Crippen LogP contribution in [0, 0.1) is 12.8 Å². The number of thiophene rings is 1. The monoisotopic (exact) mass is 451 g/mol. The number of hydrogen-bond donors (Lipinski definition) is 1. The van der Waals surface area contributed by atoms with Gasteiger partial charge in [0.2, 0.25) is 0 Å². The van der Waals surface area contributed by atoms with Crippen molar-refractivity contribution in [1.29, 1.82) is 0 Å². The molecule has 1 aliphatic rings. The number of ether oxygens (including phenoxy) is 1. The SMILES string of the molecule is CCOC(=O)C1CCCN(C(=NC)NCc2ccc(C)s2)C1.I. The van der Waals surface area contributed by atoms with Crippen molar-refractivity contribution in [2.24, 2.45) is 10.9 Å². The van der Waals surface area contributed by atoms with Crippen LogP contribution in [0.5, 0.6) is 0 Å². The fourth-order valence-electron chi connectivity index (χ4n) is 2.70. The third-order valence-corrected chi connectivity index (χ3v) is 4.77. The topological polar surface area (TPSA) is 53.9 Å². The van der Waals surface area contributed by atoms with Gasteiger partial charge in [-0.2, -0.15) is 0 Å². The quantitative estimate of drug-likeness (QED) is 0.331. The van der Waals surface area contributed by atoms with Gasteiger partial charge in [-0.1, -0.05) is 0 Å². The molecule has 1 aromatic rings. The van der Waals surface area contributed by atoms with Crippen molar-refractivity contribution in [3.05, 3.63) is 21.9 Å². The second-order valence-corrected chi connectivity index (χ2v) is 6.82. The molecule has 23 heavy (non-hydrogen) atoms. The minimum atomic E-state index is -0.0865. The molecule has 0 saturated carbocycles. The fourth-order valence-corrected chi connectivity index (χ4v) is 3.53. The van der Waals surface area contributed by atoms with Crippen LogP contribution in [0.2, 0.25) is 0 Å². The summed E-state index contributed by atoms with van der Waals surface area (Å²) in [5.41, 5.74) is 0. The zero-order valence-electron chi connectivity index (χ0n) is 14.0. The van der Waals surface area contributed by atoms with Crippen LogP contribution in [0.4, 0.5) is 0 Å². The lowest BCUT2D eigenvalue weighted by Gasteiger charge is -2.33. The van der Waals surface area contributed by atoms with Gasteiger partial charge in [-0.15, -0.1) is 35.3 Å². The molecule has 1 atom stereocenters. The first kappa shape index (κ1) is 20.2. The Morgan fingerprint density at radius 1 is 1.52 bits per heavy atom. The normalized spacial score (nSPS) is 18.3. The van der Waals surface area contributed by atoms with Crippen molar-refractivity contribution in [2.45, 2.75) is 33.2 Å². The number of likely N-dealkylation sites (tertiary alicyclic amines) is 1. The Labute approximate surface area is 159 Å². The average molecular weight is 451 g/mol. The summed E-state index contributed by atoms with van der Waals surface area (Å²) in [5.74, 6) is 0.729. The van der Waals surface area contributed by atoms with E-state index in [4.69, 9.17) is 4.74 Å². The van der Waals surface area contributed by atoms with Crippen LogP contribution in [0.15, 0.2) is 17.1 Å².